The summed E-state index contributed by atoms with van der Waals surface area (Å²) in [5.74, 6) is -0.150. The standard InChI is InChI=1S/C47H94O13/c1-3-5-7-9-10-11-12-13-14-15-16-17-18-19-20-22-24-49-25-26-50-27-28-51-29-30-52-31-32-53-33-34-54-35-36-55-37-38-56-39-40-57-41-42-58-43-44-59-45-46-60-47(48)23-21-8-6-4-2/h3-46H2,1-2H3. The van der Waals surface area contributed by atoms with E-state index in [9.17, 15) is 4.79 Å². The molecule has 0 atom stereocenters. The molecule has 0 aromatic carbocycles. The van der Waals surface area contributed by atoms with Crippen LogP contribution in [0.1, 0.15) is 149 Å². The van der Waals surface area contributed by atoms with E-state index in [1.807, 2.05) is 0 Å². The molecule has 0 radical (unpaired) electrons. The van der Waals surface area contributed by atoms with Gasteiger partial charge in [0.05, 0.1) is 139 Å². The number of carbonyl (C=O) groups is 1. The molecule has 0 unspecified atom stereocenters. The monoisotopic (exact) mass is 867 g/mol. The van der Waals surface area contributed by atoms with Crippen LogP contribution in [-0.4, -0.2) is 158 Å². The van der Waals surface area contributed by atoms with Crippen molar-refractivity contribution in [1.29, 1.82) is 0 Å². The highest BCUT2D eigenvalue weighted by atomic mass is 16.6. The molecule has 0 aliphatic rings. The molecule has 360 valence electrons. The van der Waals surface area contributed by atoms with Gasteiger partial charge in [-0.3, -0.25) is 4.79 Å². The summed E-state index contributed by atoms with van der Waals surface area (Å²) in [4.78, 5) is 11.6. The Bertz CT molecular complexity index is 780. The summed E-state index contributed by atoms with van der Waals surface area (Å²) in [5.41, 5.74) is 0. The van der Waals surface area contributed by atoms with Gasteiger partial charge in [-0.1, -0.05) is 129 Å². The molecular formula is C47H94O13. The predicted octanol–water partition coefficient (Wildman–Crippen LogP) is 8.94. The van der Waals surface area contributed by atoms with Gasteiger partial charge in [0.15, 0.2) is 0 Å². The lowest BCUT2D eigenvalue weighted by molar-refractivity contribution is -0.145. The van der Waals surface area contributed by atoms with E-state index in [1.165, 1.54) is 96.3 Å². The smallest absolute Gasteiger partial charge is 0.305 e. The average Bonchev–Trinajstić information content (AvgIpc) is 3.25. The van der Waals surface area contributed by atoms with E-state index in [4.69, 9.17) is 56.8 Å². The Labute approximate surface area is 367 Å². The maximum atomic E-state index is 11.6. The Hall–Kier alpha value is -0.970. The van der Waals surface area contributed by atoms with Gasteiger partial charge in [0.2, 0.25) is 0 Å². The highest BCUT2D eigenvalue weighted by Gasteiger charge is 2.03. The highest BCUT2D eigenvalue weighted by molar-refractivity contribution is 5.69. The number of rotatable bonds is 55. The van der Waals surface area contributed by atoms with Gasteiger partial charge in [-0.05, 0) is 12.8 Å². The zero-order valence-electron chi connectivity index (χ0n) is 38.9. The molecule has 13 heteroatoms. The molecule has 0 aromatic rings. The first kappa shape index (κ1) is 59.0. The summed E-state index contributed by atoms with van der Waals surface area (Å²) in [6.07, 6.45) is 26.9. The van der Waals surface area contributed by atoms with Crippen molar-refractivity contribution in [3.63, 3.8) is 0 Å². The van der Waals surface area contributed by atoms with Crippen molar-refractivity contribution >= 4 is 5.97 Å². The summed E-state index contributed by atoms with van der Waals surface area (Å²) < 4.78 is 65.9. The SMILES string of the molecule is CCCCCCCCCCCCCCCCCCOCCOCCOCCOCCOCCOCCOCCOCCOCCOCCOCCOC(=O)CCCCCC. The van der Waals surface area contributed by atoms with E-state index in [0.29, 0.717) is 145 Å². The van der Waals surface area contributed by atoms with E-state index < -0.39 is 0 Å². The topological polar surface area (TPSA) is 128 Å². The molecule has 0 fully saturated rings. The Morgan fingerprint density at radius 2 is 0.433 bits per heavy atom. The minimum atomic E-state index is -0.150. The van der Waals surface area contributed by atoms with Gasteiger partial charge in [0.1, 0.15) is 6.61 Å². The Morgan fingerprint density at radius 1 is 0.233 bits per heavy atom. The molecule has 13 nitrogen and oxygen atoms in total. The van der Waals surface area contributed by atoms with E-state index in [-0.39, 0.29) is 12.6 Å². The fourth-order valence-electron chi connectivity index (χ4n) is 6.04. The van der Waals surface area contributed by atoms with Crippen LogP contribution in [0.25, 0.3) is 0 Å². The second kappa shape index (κ2) is 56.0. The molecule has 60 heavy (non-hydrogen) atoms. The van der Waals surface area contributed by atoms with Crippen LogP contribution in [0.4, 0.5) is 0 Å². The Balaban J connectivity index is 3.08. The van der Waals surface area contributed by atoms with Crippen LogP contribution in [0.15, 0.2) is 0 Å². The van der Waals surface area contributed by atoms with Crippen LogP contribution in [0.5, 0.6) is 0 Å². The first-order valence-electron chi connectivity index (χ1n) is 24.3. The molecule has 0 rings (SSSR count). The number of hydrogen-bond donors (Lipinski definition) is 0. The number of hydrogen-bond acceptors (Lipinski definition) is 13. The van der Waals surface area contributed by atoms with E-state index in [1.54, 1.807) is 0 Å². The Kier molecular flexibility index (Phi) is 55.1. The fourth-order valence-corrected chi connectivity index (χ4v) is 6.04. The van der Waals surface area contributed by atoms with Gasteiger partial charge < -0.3 is 56.8 Å². The summed E-state index contributed by atoms with van der Waals surface area (Å²) >= 11 is 0. The summed E-state index contributed by atoms with van der Waals surface area (Å²) in [5, 5.41) is 0. The normalized spacial score (nSPS) is 11.6. The average molecular weight is 867 g/mol. The van der Waals surface area contributed by atoms with Crippen LogP contribution in [0.3, 0.4) is 0 Å². The van der Waals surface area contributed by atoms with Crippen molar-refractivity contribution in [2.24, 2.45) is 0 Å². The van der Waals surface area contributed by atoms with Crippen molar-refractivity contribution in [2.75, 3.05) is 152 Å². The van der Waals surface area contributed by atoms with Crippen LogP contribution in [0.2, 0.25) is 0 Å². The lowest BCUT2D eigenvalue weighted by Gasteiger charge is -2.09. The number of ether oxygens (including phenoxy) is 12. The third kappa shape index (κ3) is 55.0. The third-order valence-electron chi connectivity index (χ3n) is 9.59. The fraction of sp³-hybridized carbons (Fsp3) is 0.979. The first-order valence-corrected chi connectivity index (χ1v) is 24.3. The number of carbonyl (C=O) groups excluding carboxylic acids is 1. The van der Waals surface area contributed by atoms with Gasteiger partial charge in [-0.15, -0.1) is 0 Å². The number of esters is 1. The maximum absolute atomic E-state index is 11.6. The van der Waals surface area contributed by atoms with Crippen LogP contribution in [-0.2, 0) is 61.6 Å². The lowest BCUT2D eigenvalue weighted by atomic mass is 10.0. The van der Waals surface area contributed by atoms with Gasteiger partial charge in [-0.2, -0.15) is 0 Å². The van der Waals surface area contributed by atoms with Crippen molar-refractivity contribution in [1.82, 2.24) is 0 Å². The second-order valence-electron chi connectivity index (χ2n) is 15.1. The molecule has 0 heterocycles. The van der Waals surface area contributed by atoms with Gasteiger partial charge >= 0.3 is 5.97 Å². The minimum absolute atomic E-state index is 0.150. The molecule has 0 aromatic heterocycles. The van der Waals surface area contributed by atoms with Crippen LogP contribution in [0, 0.1) is 0 Å². The Morgan fingerprint density at radius 3 is 0.700 bits per heavy atom. The molecule has 0 N–H and O–H groups in total. The van der Waals surface area contributed by atoms with E-state index >= 15 is 0 Å². The van der Waals surface area contributed by atoms with Crippen LogP contribution >= 0.6 is 0 Å². The molecule has 0 saturated heterocycles. The number of unbranched alkanes of at least 4 members (excludes halogenated alkanes) is 18. The van der Waals surface area contributed by atoms with Crippen molar-refractivity contribution in [2.45, 2.75) is 149 Å². The predicted molar refractivity (Wildman–Crippen MR) is 238 cm³/mol. The van der Waals surface area contributed by atoms with Gasteiger partial charge in [0.25, 0.3) is 0 Å². The van der Waals surface area contributed by atoms with Crippen molar-refractivity contribution < 1.29 is 61.6 Å². The summed E-state index contributed by atoms with van der Waals surface area (Å²) in [6, 6.07) is 0. The molecule has 0 spiro atoms. The van der Waals surface area contributed by atoms with E-state index in [2.05, 4.69) is 13.8 Å². The van der Waals surface area contributed by atoms with E-state index in [0.717, 1.165) is 38.7 Å². The third-order valence-corrected chi connectivity index (χ3v) is 9.59. The summed E-state index contributed by atoms with van der Waals surface area (Å²) in [7, 11) is 0. The first-order chi connectivity index (χ1) is 29.8. The minimum Gasteiger partial charge on any atom is -0.463 e. The zero-order chi connectivity index (χ0) is 43.2. The molecule has 0 aliphatic carbocycles. The van der Waals surface area contributed by atoms with Gasteiger partial charge in [-0.25, -0.2) is 0 Å². The summed E-state index contributed by atoms with van der Waals surface area (Å²) in [6.45, 7) is 16.4. The molecule has 0 aliphatic heterocycles. The quantitative estimate of drug-likeness (QED) is 0.0427. The molecule has 0 bridgehead atoms. The molecule has 0 amide bonds. The van der Waals surface area contributed by atoms with Crippen molar-refractivity contribution in [3.8, 4) is 0 Å². The maximum Gasteiger partial charge on any atom is 0.305 e. The van der Waals surface area contributed by atoms with Crippen molar-refractivity contribution in [3.05, 3.63) is 0 Å². The highest BCUT2D eigenvalue weighted by Crippen LogP contribution is 2.14. The molecular weight excluding hydrogens is 773 g/mol. The second-order valence-corrected chi connectivity index (χ2v) is 15.1. The largest absolute Gasteiger partial charge is 0.463 e. The van der Waals surface area contributed by atoms with Gasteiger partial charge in [0, 0.05) is 13.0 Å². The zero-order valence-corrected chi connectivity index (χ0v) is 38.9. The molecule has 0 saturated carbocycles. The van der Waals surface area contributed by atoms with Crippen LogP contribution < -0.4 is 0 Å². The lowest BCUT2D eigenvalue weighted by Crippen LogP contribution is -2.15.